The predicted molar refractivity (Wildman–Crippen MR) is 111 cm³/mol. The highest BCUT2D eigenvalue weighted by molar-refractivity contribution is 7.88. The molecule has 0 saturated carbocycles. The molecule has 0 atom stereocenters. The number of hydrogen-bond acceptors (Lipinski definition) is 4. The fourth-order valence-electron chi connectivity index (χ4n) is 2.93. The Bertz CT molecular complexity index is 1040. The average molecular weight is 400 g/mol. The van der Waals surface area contributed by atoms with Crippen LogP contribution >= 0.6 is 0 Å². The minimum atomic E-state index is -3.47. The first-order valence-electron chi connectivity index (χ1n) is 9.17. The first-order valence-corrected chi connectivity index (χ1v) is 10.8. The van der Waals surface area contributed by atoms with E-state index in [1.54, 1.807) is 6.20 Å². The highest BCUT2D eigenvalue weighted by atomic mass is 32.2. The van der Waals surface area contributed by atoms with E-state index in [9.17, 15) is 8.42 Å². The van der Waals surface area contributed by atoms with Crippen LogP contribution in [0, 0.1) is 13.8 Å². The molecule has 3 aromatic rings. The first kappa shape index (κ1) is 20.1. The van der Waals surface area contributed by atoms with Crippen molar-refractivity contribution in [2.75, 3.05) is 6.61 Å². The molecule has 0 saturated heterocycles. The summed E-state index contributed by atoms with van der Waals surface area (Å²) in [6.07, 6.45) is 1.64. The number of hydrogen-bond donors (Lipinski definition) is 2. The van der Waals surface area contributed by atoms with Crippen LogP contribution in [-0.2, 0) is 22.3 Å². The number of nitrogens with one attached hydrogen (secondary N) is 2. The van der Waals surface area contributed by atoms with Gasteiger partial charge in [0.1, 0.15) is 5.75 Å². The van der Waals surface area contributed by atoms with Gasteiger partial charge in [0, 0.05) is 17.7 Å². The molecule has 0 radical (unpaired) electrons. The molecule has 2 aromatic carbocycles. The number of aryl methyl sites for hydroxylation is 2. The lowest BCUT2D eigenvalue weighted by atomic mass is 10.1. The van der Waals surface area contributed by atoms with Crippen LogP contribution in [0.5, 0.6) is 5.75 Å². The van der Waals surface area contributed by atoms with Crippen LogP contribution in [-0.4, -0.2) is 25.2 Å². The molecular formula is C21H25N3O3S. The number of sulfonamides is 1. The monoisotopic (exact) mass is 399 g/mol. The summed E-state index contributed by atoms with van der Waals surface area (Å²) < 4.78 is 33.1. The Morgan fingerprint density at radius 2 is 1.82 bits per heavy atom. The van der Waals surface area contributed by atoms with Crippen LogP contribution in [0.4, 0.5) is 0 Å². The Labute approximate surface area is 166 Å². The second kappa shape index (κ2) is 8.58. The third-order valence-electron chi connectivity index (χ3n) is 4.58. The fraction of sp³-hybridized carbons (Fsp3) is 0.286. The Hall–Kier alpha value is -2.64. The second-order valence-electron chi connectivity index (χ2n) is 6.73. The maximum atomic E-state index is 12.5. The number of benzene rings is 2. The molecule has 148 valence electrons. The molecular weight excluding hydrogens is 374 g/mol. The maximum absolute atomic E-state index is 12.5. The van der Waals surface area contributed by atoms with Crippen molar-refractivity contribution >= 4 is 10.0 Å². The van der Waals surface area contributed by atoms with Gasteiger partial charge in [0.05, 0.1) is 24.3 Å². The summed E-state index contributed by atoms with van der Waals surface area (Å²) in [5.74, 6) is 0.742. The largest absolute Gasteiger partial charge is 0.494 e. The van der Waals surface area contributed by atoms with E-state index in [0.717, 1.165) is 39.3 Å². The highest BCUT2D eigenvalue weighted by Crippen LogP contribution is 2.24. The van der Waals surface area contributed by atoms with E-state index >= 15 is 0 Å². The lowest BCUT2D eigenvalue weighted by molar-refractivity contribution is 0.340. The molecule has 0 unspecified atom stereocenters. The summed E-state index contributed by atoms with van der Waals surface area (Å²) in [7, 11) is -3.47. The van der Waals surface area contributed by atoms with Gasteiger partial charge in [-0.3, -0.25) is 5.10 Å². The third kappa shape index (κ3) is 4.99. The van der Waals surface area contributed by atoms with Gasteiger partial charge in [-0.1, -0.05) is 18.2 Å². The first-order chi connectivity index (χ1) is 13.4. The maximum Gasteiger partial charge on any atom is 0.216 e. The fourth-order valence-corrected chi connectivity index (χ4v) is 4.03. The minimum absolute atomic E-state index is 0.0512. The van der Waals surface area contributed by atoms with E-state index in [1.165, 1.54) is 0 Å². The lowest BCUT2D eigenvalue weighted by Crippen LogP contribution is -2.24. The second-order valence-corrected chi connectivity index (χ2v) is 8.53. The Balaban J connectivity index is 1.69. The zero-order valence-corrected chi connectivity index (χ0v) is 17.1. The number of aromatic nitrogens is 2. The standard InChI is InChI=1S/C21H25N3O3S/c1-4-27-20-9-7-18(8-10-20)21-19(12-22-24-21)13-23-28(25,26)14-17-6-5-15(2)16(3)11-17/h5-12,23H,4,13-14H2,1-3H3,(H,22,24). The van der Waals surface area contributed by atoms with Crippen molar-refractivity contribution in [3.63, 3.8) is 0 Å². The molecule has 2 N–H and O–H groups in total. The van der Waals surface area contributed by atoms with Crippen molar-refractivity contribution in [3.8, 4) is 17.0 Å². The van der Waals surface area contributed by atoms with Gasteiger partial charge in [-0.25, -0.2) is 13.1 Å². The van der Waals surface area contributed by atoms with E-state index in [-0.39, 0.29) is 12.3 Å². The molecule has 3 rings (SSSR count). The van der Waals surface area contributed by atoms with Crippen LogP contribution in [0.3, 0.4) is 0 Å². The van der Waals surface area contributed by atoms with E-state index in [4.69, 9.17) is 4.74 Å². The van der Waals surface area contributed by atoms with E-state index in [1.807, 2.05) is 63.2 Å². The number of H-pyrrole nitrogens is 1. The van der Waals surface area contributed by atoms with Crippen LogP contribution in [0.25, 0.3) is 11.3 Å². The van der Waals surface area contributed by atoms with Crippen molar-refractivity contribution < 1.29 is 13.2 Å². The zero-order chi connectivity index (χ0) is 20.1. The molecule has 28 heavy (non-hydrogen) atoms. The van der Waals surface area contributed by atoms with Crippen molar-refractivity contribution in [2.24, 2.45) is 0 Å². The van der Waals surface area contributed by atoms with Crippen molar-refractivity contribution in [3.05, 3.63) is 70.9 Å². The van der Waals surface area contributed by atoms with Gasteiger partial charge in [-0.05, 0) is 61.7 Å². The quantitative estimate of drug-likeness (QED) is 0.605. The average Bonchev–Trinajstić information content (AvgIpc) is 3.13. The molecule has 1 aromatic heterocycles. The molecule has 1 heterocycles. The molecule has 0 bridgehead atoms. The van der Waals surface area contributed by atoms with Gasteiger partial charge >= 0.3 is 0 Å². The van der Waals surface area contributed by atoms with Gasteiger partial charge in [-0.15, -0.1) is 0 Å². The summed E-state index contributed by atoms with van der Waals surface area (Å²) in [5.41, 5.74) is 5.50. The molecule has 0 amide bonds. The van der Waals surface area contributed by atoms with Gasteiger partial charge in [-0.2, -0.15) is 5.10 Å². The molecule has 0 spiro atoms. The third-order valence-corrected chi connectivity index (χ3v) is 5.88. The predicted octanol–water partition coefficient (Wildman–Crippen LogP) is 3.71. The van der Waals surface area contributed by atoms with Crippen molar-refractivity contribution in [1.82, 2.24) is 14.9 Å². The zero-order valence-electron chi connectivity index (χ0n) is 16.3. The van der Waals surface area contributed by atoms with Gasteiger partial charge < -0.3 is 4.74 Å². The number of nitrogens with zero attached hydrogens (tertiary/aromatic N) is 1. The molecule has 0 aliphatic rings. The Morgan fingerprint density at radius 1 is 1.07 bits per heavy atom. The molecule has 7 heteroatoms. The van der Waals surface area contributed by atoms with E-state index in [0.29, 0.717) is 6.61 Å². The molecule has 0 aliphatic heterocycles. The van der Waals surface area contributed by atoms with Crippen LogP contribution in [0.1, 0.15) is 29.2 Å². The minimum Gasteiger partial charge on any atom is -0.494 e. The molecule has 0 fully saturated rings. The van der Waals surface area contributed by atoms with Crippen LogP contribution < -0.4 is 9.46 Å². The van der Waals surface area contributed by atoms with Crippen molar-refractivity contribution in [1.29, 1.82) is 0 Å². The SMILES string of the molecule is CCOc1ccc(-c2[nH]ncc2CNS(=O)(=O)Cc2ccc(C)c(C)c2)cc1. The highest BCUT2D eigenvalue weighted by Gasteiger charge is 2.15. The van der Waals surface area contributed by atoms with Crippen LogP contribution in [0.15, 0.2) is 48.7 Å². The van der Waals surface area contributed by atoms with Crippen LogP contribution in [0.2, 0.25) is 0 Å². The van der Waals surface area contributed by atoms with Gasteiger partial charge in [0.15, 0.2) is 0 Å². The van der Waals surface area contributed by atoms with Crippen molar-refractivity contribution in [2.45, 2.75) is 33.1 Å². The van der Waals surface area contributed by atoms with E-state index in [2.05, 4.69) is 14.9 Å². The summed E-state index contributed by atoms with van der Waals surface area (Å²) in [6.45, 7) is 6.70. The summed E-state index contributed by atoms with van der Waals surface area (Å²) in [5, 5.41) is 7.02. The number of ether oxygens (including phenoxy) is 1. The summed E-state index contributed by atoms with van der Waals surface area (Å²) >= 11 is 0. The Kier molecular flexibility index (Phi) is 6.16. The Morgan fingerprint density at radius 3 is 2.50 bits per heavy atom. The summed E-state index contributed by atoms with van der Waals surface area (Å²) in [6, 6.07) is 13.3. The van der Waals surface area contributed by atoms with E-state index < -0.39 is 10.0 Å². The summed E-state index contributed by atoms with van der Waals surface area (Å²) in [4.78, 5) is 0. The van der Waals surface area contributed by atoms with Gasteiger partial charge in [0.2, 0.25) is 10.0 Å². The normalized spacial score (nSPS) is 11.5. The topological polar surface area (TPSA) is 84.1 Å². The smallest absolute Gasteiger partial charge is 0.216 e. The lowest BCUT2D eigenvalue weighted by Gasteiger charge is -2.09. The molecule has 6 nitrogen and oxygen atoms in total. The van der Waals surface area contributed by atoms with Gasteiger partial charge in [0.25, 0.3) is 0 Å². The molecule has 0 aliphatic carbocycles. The number of rotatable bonds is 8. The number of aromatic amines is 1.